The largest absolute Gasteiger partial charge is 0.362 e. The molecule has 2 aromatic rings. The minimum atomic E-state index is -0.222. The zero-order valence-corrected chi connectivity index (χ0v) is 12.8. The van der Waals surface area contributed by atoms with E-state index in [1.807, 2.05) is 25.1 Å². The molecule has 0 saturated heterocycles. The lowest BCUT2D eigenvalue weighted by atomic mass is 10.1. The molecule has 0 saturated carbocycles. The fraction of sp³-hybridized carbons (Fsp3) is 0.235. The molecule has 21 heavy (non-hydrogen) atoms. The van der Waals surface area contributed by atoms with Crippen LogP contribution in [0.15, 0.2) is 48.5 Å². The Bertz CT molecular complexity index is 599. The molecule has 0 heterocycles. The van der Waals surface area contributed by atoms with Gasteiger partial charge in [0, 0.05) is 13.1 Å². The van der Waals surface area contributed by atoms with Gasteiger partial charge in [-0.3, -0.25) is 0 Å². The minimum absolute atomic E-state index is 0.222. The van der Waals surface area contributed by atoms with Crippen molar-refractivity contribution in [2.75, 3.05) is 6.54 Å². The summed E-state index contributed by atoms with van der Waals surface area (Å²) in [6.07, 6.45) is 0.918. The third kappa shape index (κ3) is 5.16. The molecule has 2 aromatic carbocycles. The smallest absolute Gasteiger partial charge is 0.166 e. The van der Waals surface area contributed by atoms with Gasteiger partial charge >= 0.3 is 0 Å². The molecule has 0 atom stereocenters. The Morgan fingerprint density at radius 2 is 1.86 bits per heavy atom. The monoisotopic (exact) mass is 302 g/mol. The van der Waals surface area contributed by atoms with Crippen LogP contribution in [0, 0.1) is 12.7 Å². The zero-order valence-electron chi connectivity index (χ0n) is 12.0. The molecule has 2 N–H and O–H groups in total. The molecule has 0 aliphatic carbocycles. The van der Waals surface area contributed by atoms with Crippen molar-refractivity contribution in [2.45, 2.75) is 19.9 Å². The normalized spacial score (nSPS) is 10.2. The first-order valence-corrected chi connectivity index (χ1v) is 7.36. The standard InChI is InChI=1S/C17H19FN2S/c1-13-7-8-16(18)11-15(13)12-20-17(21)19-10-9-14-5-3-2-4-6-14/h2-8,11H,9-10,12H2,1H3,(H2,19,20,21). The first kappa shape index (κ1) is 15.4. The van der Waals surface area contributed by atoms with Gasteiger partial charge in [0.05, 0.1) is 0 Å². The van der Waals surface area contributed by atoms with E-state index in [4.69, 9.17) is 12.2 Å². The lowest BCUT2D eigenvalue weighted by Crippen LogP contribution is -2.36. The van der Waals surface area contributed by atoms with Crippen LogP contribution < -0.4 is 10.6 Å². The van der Waals surface area contributed by atoms with Gasteiger partial charge in [-0.1, -0.05) is 36.4 Å². The Labute approximate surface area is 130 Å². The molecular formula is C17H19FN2S. The third-order valence-corrected chi connectivity index (χ3v) is 3.58. The summed E-state index contributed by atoms with van der Waals surface area (Å²) >= 11 is 5.23. The van der Waals surface area contributed by atoms with Crippen molar-refractivity contribution in [3.8, 4) is 0 Å². The van der Waals surface area contributed by atoms with E-state index in [1.165, 1.54) is 17.7 Å². The Balaban J connectivity index is 1.74. The van der Waals surface area contributed by atoms with E-state index < -0.39 is 0 Å². The average molecular weight is 302 g/mol. The molecule has 0 radical (unpaired) electrons. The van der Waals surface area contributed by atoms with Crippen molar-refractivity contribution in [3.05, 3.63) is 71.0 Å². The fourth-order valence-electron chi connectivity index (χ4n) is 2.03. The second-order valence-corrected chi connectivity index (χ2v) is 5.32. The fourth-order valence-corrected chi connectivity index (χ4v) is 2.21. The predicted molar refractivity (Wildman–Crippen MR) is 88.7 cm³/mol. The van der Waals surface area contributed by atoms with Crippen LogP contribution in [0.3, 0.4) is 0 Å². The predicted octanol–water partition coefficient (Wildman–Crippen LogP) is 3.34. The van der Waals surface area contributed by atoms with E-state index in [0.717, 1.165) is 24.1 Å². The van der Waals surface area contributed by atoms with Gasteiger partial charge < -0.3 is 10.6 Å². The maximum Gasteiger partial charge on any atom is 0.166 e. The zero-order chi connectivity index (χ0) is 15.1. The molecule has 0 bridgehead atoms. The van der Waals surface area contributed by atoms with E-state index in [-0.39, 0.29) is 5.82 Å². The van der Waals surface area contributed by atoms with E-state index in [9.17, 15) is 4.39 Å². The minimum Gasteiger partial charge on any atom is -0.362 e. The number of nitrogens with one attached hydrogen (secondary N) is 2. The van der Waals surface area contributed by atoms with Crippen molar-refractivity contribution in [1.82, 2.24) is 10.6 Å². The SMILES string of the molecule is Cc1ccc(F)cc1CNC(=S)NCCc1ccccc1. The van der Waals surface area contributed by atoms with Gasteiger partial charge in [-0.15, -0.1) is 0 Å². The Kier molecular flexibility index (Phi) is 5.69. The van der Waals surface area contributed by atoms with Gasteiger partial charge in [-0.25, -0.2) is 4.39 Å². The summed E-state index contributed by atoms with van der Waals surface area (Å²) in [6.45, 7) is 3.26. The van der Waals surface area contributed by atoms with Crippen molar-refractivity contribution in [2.24, 2.45) is 0 Å². The van der Waals surface area contributed by atoms with E-state index >= 15 is 0 Å². The summed E-state index contributed by atoms with van der Waals surface area (Å²) in [5, 5.41) is 6.86. The molecule has 2 rings (SSSR count). The second kappa shape index (κ2) is 7.74. The highest BCUT2D eigenvalue weighted by Crippen LogP contribution is 2.09. The van der Waals surface area contributed by atoms with E-state index in [1.54, 1.807) is 6.07 Å². The number of hydrogen-bond acceptors (Lipinski definition) is 1. The highest BCUT2D eigenvalue weighted by molar-refractivity contribution is 7.80. The van der Waals surface area contributed by atoms with Crippen LogP contribution in [-0.2, 0) is 13.0 Å². The second-order valence-electron chi connectivity index (χ2n) is 4.92. The quantitative estimate of drug-likeness (QED) is 0.828. The van der Waals surface area contributed by atoms with Crippen molar-refractivity contribution >= 4 is 17.3 Å². The van der Waals surface area contributed by atoms with Gasteiger partial charge in [0.25, 0.3) is 0 Å². The first-order chi connectivity index (χ1) is 10.1. The first-order valence-electron chi connectivity index (χ1n) is 6.96. The summed E-state index contributed by atoms with van der Waals surface area (Å²) in [5.74, 6) is -0.222. The molecular weight excluding hydrogens is 283 g/mol. The van der Waals surface area contributed by atoms with Gasteiger partial charge in [0.1, 0.15) is 5.82 Å². The average Bonchev–Trinajstić information content (AvgIpc) is 2.49. The van der Waals surface area contributed by atoms with Crippen LogP contribution in [0.2, 0.25) is 0 Å². The summed E-state index contributed by atoms with van der Waals surface area (Å²) in [6, 6.07) is 15.0. The molecule has 0 aromatic heterocycles. The summed E-state index contributed by atoms with van der Waals surface area (Å²) in [4.78, 5) is 0. The lowest BCUT2D eigenvalue weighted by molar-refractivity contribution is 0.624. The number of aryl methyl sites for hydroxylation is 1. The highest BCUT2D eigenvalue weighted by Gasteiger charge is 2.02. The Morgan fingerprint density at radius 1 is 1.10 bits per heavy atom. The molecule has 0 fully saturated rings. The maximum absolute atomic E-state index is 13.2. The van der Waals surface area contributed by atoms with Gasteiger partial charge in [0.2, 0.25) is 0 Å². The summed E-state index contributed by atoms with van der Waals surface area (Å²) < 4.78 is 13.2. The van der Waals surface area contributed by atoms with Crippen molar-refractivity contribution in [3.63, 3.8) is 0 Å². The number of rotatable bonds is 5. The van der Waals surface area contributed by atoms with Crippen LogP contribution >= 0.6 is 12.2 Å². The number of benzene rings is 2. The van der Waals surface area contributed by atoms with Crippen LogP contribution in [-0.4, -0.2) is 11.7 Å². The Morgan fingerprint density at radius 3 is 2.62 bits per heavy atom. The van der Waals surface area contributed by atoms with Gasteiger partial charge in [-0.2, -0.15) is 0 Å². The summed E-state index contributed by atoms with van der Waals surface area (Å²) in [7, 11) is 0. The van der Waals surface area contributed by atoms with Crippen molar-refractivity contribution in [1.29, 1.82) is 0 Å². The van der Waals surface area contributed by atoms with E-state index in [2.05, 4.69) is 22.8 Å². The number of thiocarbonyl (C=S) groups is 1. The molecule has 0 aliphatic rings. The molecule has 0 spiro atoms. The van der Waals surface area contributed by atoms with Crippen LogP contribution in [0.5, 0.6) is 0 Å². The Hall–Kier alpha value is -1.94. The molecule has 0 unspecified atom stereocenters. The molecule has 110 valence electrons. The van der Waals surface area contributed by atoms with Crippen molar-refractivity contribution < 1.29 is 4.39 Å². The number of halogens is 1. The van der Waals surface area contributed by atoms with Crippen LogP contribution in [0.4, 0.5) is 4.39 Å². The third-order valence-electron chi connectivity index (χ3n) is 3.29. The van der Waals surface area contributed by atoms with Gasteiger partial charge in [-0.05, 0) is 54.4 Å². The molecule has 0 aliphatic heterocycles. The topological polar surface area (TPSA) is 24.1 Å². The van der Waals surface area contributed by atoms with Gasteiger partial charge in [0.15, 0.2) is 5.11 Å². The molecule has 4 heteroatoms. The maximum atomic E-state index is 13.2. The van der Waals surface area contributed by atoms with E-state index in [0.29, 0.717) is 11.7 Å². The van der Waals surface area contributed by atoms with Crippen LogP contribution in [0.1, 0.15) is 16.7 Å². The highest BCUT2D eigenvalue weighted by atomic mass is 32.1. The molecule has 2 nitrogen and oxygen atoms in total. The molecule has 0 amide bonds. The van der Waals surface area contributed by atoms with Crippen LogP contribution in [0.25, 0.3) is 0 Å². The lowest BCUT2D eigenvalue weighted by Gasteiger charge is -2.12. The number of hydrogen-bond donors (Lipinski definition) is 2. The summed E-state index contributed by atoms with van der Waals surface area (Å²) in [5.41, 5.74) is 3.24.